The maximum atomic E-state index is 13.2. The summed E-state index contributed by atoms with van der Waals surface area (Å²) in [5, 5.41) is 0. The molecule has 5 heteroatoms. The fourth-order valence-electron chi connectivity index (χ4n) is 3.24. The average Bonchev–Trinajstić information content (AvgIpc) is 2.81. The van der Waals surface area contributed by atoms with E-state index >= 15 is 0 Å². The summed E-state index contributed by atoms with van der Waals surface area (Å²) in [7, 11) is 2.02. The van der Waals surface area contributed by atoms with Crippen LogP contribution in [-0.4, -0.2) is 27.9 Å². The molecule has 0 saturated carbocycles. The van der Waals surface area contributed by atoms with Gasteiger partial charge in [-0.05, 0) is 56.8 Å². The van der Waals surface area contributed by atoms with Gasteiger partial charge < -0.3 is 4.90 Å². The number of aryl methyl sites for hydroxylation is 1. The molecule has 0 spiro atoms. The first kappa shape index (κ1) is 16.5. The molecule has 0 amide bonds. The highest BCUT2D eigenvalue weighted by atomic mass is 19.1. The molecular formula is C21H18FN3O. The highest BCUT2D eigenvalue weighted by Gasteiger charge is 2.17. The maximum Gasteiger partial charge on any atom is 0.262 e. The summed E-state index contributed by atoms with van der Waals surface area (Å²) in [6.45, 7) is 1.59. The Morgan fingerprint density at radius 3 is 2.77 bits per heavy atom. The van der Waals surface area contributed by atoms with Crippen molar-refractivity contribution >= 4 is 5.65 Å². The largest absolute Gasteiger partial charge is 0.302 e. The topological polar surface area (TPSA) is 37.6 Å². The lowest BCUT2D eigenvalue weighted by molar-refractivity contribution is 0.331. The van der Waals surface area contributed by atoms with Crippen LogP contribution in [0.5, 0.6) is 0 Å². The average molecular weight is 347 g/mol. The highest BCUT2D eigenvalue weighted by molar-refractivity contribution is 5.50. The van der Waals surface area contributed by atoms with Crippen molar-refractivity contribution in [3.05, 3.63) is 81.2 Å². The highest BCUT2D eigenvalue weighted by Crippen LogP contribution is 2.14. The second kappa shape index (κ2) is 6.74. The standard InChI is InChI=1S/C21H18FN3O/c1-24-10-3-6-19-18(14-24)21(26)25-11-9-16(13-20(25)23-19)8-7-15-4-2-5-17(22)12-15/h2,4-5,9,11-13H,3,6,10,14H2,1H3. The molecule has 0 fully saturated rings. The van der Waals surface area contributed by atoms with E-state index in [2.05, 4.69) is 16.7 Å². The Hall–Kier alpha value is -2.97. The van der Waals surface area contributed by atoms with Crippen molar-refractivity contribution in [3.63, 3.8) is 0 Å². The van der Waals surface area contributed by atoms with Gasteiger partial charge in [0, 0.05) is 23.9 Å². The van der Waals surface area contributed by atoms with E-state index in [4.69, 9.17) is 4.98 Å². The molecule has 1 aliphatic rings. The van der Waals surface area contributed by atoms with Crippen LogP contribution in [0.2, 0.25) is 0 Å². The molecular weight excluding hydrogens is 329 g/mol. The number of hydrogen-bond donors (Lipinski definition) is 0. The van der Waals surface area contributed by atoms with Crippen LogP contribution < -0.4 is 5.56 Å². The Morgan fingerprint density at radius 2 is 1.96 bits per heavy atom. The molecule has 26 heavy (non-hydrogen) atoms. The van der Waals surface area contributed by atoms with Gasteiger partial charge in [0.2, 0.25) is 0 Å². The first-order valence-electron chi connectivity index (χ1n) is 8.60. The predicted molar refractivity (Wildman–Crippen MR) is 98.5 cm³/mol. The summed E-state index contributed by atoms with van der Waals surface area (Å²) in [4.78, 5) is 19.7. The van der Waals surface area contributed by atoms with Crippen molar-refractivity contribution in [1.29, 1.82) is 0 Å². The normalized spacial score (nSPS) is 14.4. The molecule has 2 aromatic heterocycles. The van der Waals surface area contributed by atoms with Crippen LogP contribution in [0.3, 0.4) is 0 Å². The molecule has 1 aliphatic heterocycles. The fraction of sp³-hybridized carbons (Fsp3) is 0.238. The van der Waals surface area contributed by atoms with Gasteiger partial charge in [-0.3, -0.25) is 9.20 Å². The first-order chi connectivity index (χ1) is 12.6. The number of aromatic nitrogens is 2. The zero-order valence-electron chi connectivity index (χ0n) is 14.5. The summed E-state index contributed by atoms with van der Waals surface area (Å²) in [6.07, 6.45) is 3.52. The van der Waals surface area contributed by atoms with Gasteiger partial charge in [0.15, 0.2) is 0 Å². The van der Waals surface area contributed by atoms with Crippen molar-refractivity contribution < 1.29 is 4.39 Å². The zero-order chi connectivity index (χ0) is 18.1. The third kappa shape index (κ3) is 3.24. The van der Waals surface area contributed by atoms with E-state index in [1.807, 2.05) is 13.1 Å². The lowest BCUT2D eigenvalue weighted by atomic mass is 10.1. The van der Waals surface area contributed by atoms with Gasteiger partial charge in [0.1, 0.15) is 11.5 Å². The van der Waals surface area contributed by atoms with E-state index in [-0.39, 0.29) is 11.4 Å². The minimum Gasteiger partial charge on any atom is -0.302 e. The number of nitrogens with zero attached hydrogens (tertiary/aromatic N) is 3. The van der Waals surface area contributed by atoms with Crippen LogP contribution in [0.15, 0.2) is 47.4 Å². The van der Waals surface area contributed by atoms with Crippen LogP contribution >= 0.6 is 0 Å². The summed E-state index contributed by atoms with van der Waals surface area (Å²) in [6, 6.07) is 9.77. The van der Waals surface area contributed by atoms with E-state index in [1.54, 1.807) is 28.8 Å². The van der Waals surface area contributed by atoms with Crippen LogP contribution in [-0.2, 0) is 13.0 Å². The lowest BCUT2D eigenvalue weighted by Gasteiger charge is -2.13. The number of halogens is 1. The van der Waals surface area contributed by atoms with Gasteiger partial charge in [0.25, 0.3) is 5.56 Å². The minimum absolute atomic E-state index is 0.0108. The Morgan fingerprint density at radius 1 is 1.15 bits per heavy atom. The van der Waals surface area contributed by atoms with E-state index in [0.717, 1.165) is 36.2 Å². The van der Waals surface area contributed by atoms with E-state index in [9.17, 15) is 9.18 Å². The third-order valence-corrected chi connectivity index (χ3v) is 4.57. The van der Waals surface area contributed by atoms with Crippen molar-refractivity contribution in [1.82, 2.24) is 14.3 Å². The Labute approximate surface area is 150 Å². The molecule has 1 aromatic carbocycles. The van der Waals surface area contributed by atoms with Crippen molar-refractivity contribution in [2.45, 2.75) is 19.4 Å². The third-order valence-electron chi connectivity index (χ3n) is 4.57. The number of benzene rings is 1. The van der Waals surface area contributed by atoms with Crippen molar-refractivity contribution in [2.75, 3.05) is 13.6 Å². The van der Waals surface area contributed by atoms with Crippen molar-refractivity contribution in [3.8, 4) is 11.8 Å². The van der Waals surface area contributed by atoms with Gasteiger partial charge in [-0.15, -0.1) is 0 Å². The van der Waals surface area contributed by atoms with Gasteiger partial charge in [-0.2, -0.15) is 0 Å². The van der Waals surface area contributed by atoms with Gasteiger partial charge in [-0.25, -0.2) is 9.37 Å². The fourth-order valence-corrected chi connectivity index (χ4v) is 3.24. The Balaban J connectivity index is 1.77. The number of rotatable bonds is 0. The molecule has 0 bridgehead atoms. The van der Waals surface area contributed by atoms with Crippen molar-refractivity contribution in [2.24, 2.45) is 0 Å². The molecule has 4 nitrogen and oxygen atoms in total. The molecule has 0 aliphatic carbocycles. The van der Waals surface area contributed by atoms with E-state index < -0.39 is 0 Å². The molecule has 3 aromatic rings. The SMILES string of the molecule is CN1CCCc2nc3cc(C#Cc4cccc(F)c4)ccn3c(=O)c2C1. The van der Waals surface area contributed by atoms with E-state index in [1.165, 1.54) is 12.1 Å². The number of fused-ring (bicyclic) bond motifs is 2. The maximum absolute atomic E-state index is 13.2. The second-order valence-corrected chi connectivity index (χ2v) is 6.59. The lowest BCUT2D eigenvalue weighted by Crippen LogP contribution is -2.26. The molecule has 130 valence electrons. The van der Waals surface area contributed by atoms with Gasteiger partial charge in [0.05, 0.1) is 11.3 Å². The molecule has 4 rings (SSSR count). The van der Waals surface area contributed by atoms with Crippen LogP contribution in [0.4, 0.5) is 4.39 Å². The molecule has 0 N–H and O–H groups in total. The zero-order valence-corrected chi connectivity index (χ0v) is 14.5. The quantitative estimate of drug-likeness (QED) is 0.587. The summed E-state index contributed by atoms with van der Waals surface area (Å²) >= 11 is 0. The van der Waals surface area contributed by atoms with E-state index in [0.29, 0.717) is 17.8 Å². The predicted octanol–water partition coefficient (Wildman–Crippen LogP) is 2.61. The summed E-state index contributed by atoms with van der Waals surface area (Å²) in [5.41, 5.74) is 3.61. The molecule has 0 unspecified atom stereocenters. The Bertz CT molecular complexity index is 1110. The molecule has 0 atom stereocenters. The summed E-state index contributed by atoms with van der Waals surface area (Å²) in [5.74, 6) is 5.66. The van der Waals surface area contributed by atoms with Crippen LogP contribution in [0, 0.1) is 17.7 Å². The Kier molecular flexibility index (Phi) is 4.27. The smallest absolute Gasteiger partial charge is 0.262 e. The van der Waals surface area contributed by atoms with Crippen LogP contribution in [0.1, 0.15) is 28.8 Å². The molecule has 3 heterocycles. The first-order valence-corrected chi connectivity index (χ1v) is 8.60. The molecule has 0 saturated heterocycles. The molecule has 0 radical (unpaired) electrons. The van der Waals surface area contributed by atoms with Crippen LogP contribution in [0.25, 0.3) is 5.65 Å². The number of pyridine rings is 1. The minimum atomic E-state index is -0.309. The second-order valence-electron chi connectivity index (χ2n) is 6.59. The van der Waals surface area contributed by atoms with Gasteiger partial charge >= 0.3 is 0 Å². The summed E-state index contributed by atoms with van der Waals surface area (Å²) < 4.78 is 14.8. The monoisotopic (exact) mass is 347 g/mol. The van der Waals surface area contributed by atoms with Gasteiger partial charge in [-0.1, -0.05) is 17.9 Å². The number of hydrogen-bond acceptors (Lipinski definition) is 3.